The number of amides is 2. The zero-order valence-corrected chi connectivity index (χ0v) is 28.4. The molecule has 2 aromatic carbocycles. The van der Waals surface area contributed by atoms with E-state index in [1.54, 1.807) is 0 Å². The van der Waals surface area contributed by atoms with Crippen molar-refractivity contribution in [2.75, 3.05) is 39.5 Å². The molecule has 0 bridgehead atoms. The fourth-order valence-electron chi connectivity index (χ4n) is 6.08. The molecule has 0 saturated heterocycles. The molecule has 2 rings (SSSR count). The number of hydrogen-bond acceptors (Lipinski definition) is 9. The van der Waals surface area contributed by atoms with Crippen molar-refractivity contribution in [1.82, 2.24) is 10.6 Å². The Balaban J connectivity index is 2.53. The molecular formula is C34H49N3O9S. The molecule has 2 amide bonds. The van der Waals surface area contributed by atoms with Crippen LogP contribution in [0.4, 0.5) is 0 Å². The quantitative estimate of drug-likeness (QED) is 0.116. The summed E-state index contributed by atoms with van der Waals surface area (Å²) >= 11 is 0. The highest BCUT2D eigenvalue weighted by molar-refractivity contribution is 7.85. The summed E-state index contributed by atoms with van der Waals surface area (Å²) in [4.78, 5) is 52.4. The Morgan fingerprint density at radius 2 is 1.34 bits per heavy atom. The fraction of sp³-hybridized carbons (Fsp3) is 0.529. The highest BCUT2D eigenvalue weighted by Crippen LogP contribution is 2.36. The van der Waals surface area contributed by atoms with E-state index in [0.717, 1.165) is 16.0 Å². The van der Waals surface area contributed by atoms with Crippen molar-refractivity contribution in [3.05, 3.63) is 71.8 Å². The van der Waals surface area contributed by atoms with Crippen LogP contribution in [0.15, 0.2) is 60.7 Å². The average Bonchev–Trinajstić information content (AvgIpc) is 3.03. The zero-order valence-electron chi connectivity index (χ0n) is 27.6. The summed E-state index contributed by atoms with van der Waals surface area (Å²) in [5.41, 5.74) is 1.70. The number of ether oxygens (including phenoxy) is 2. The summed E-state index contributed by atoms with van der Waals surface area (Å²) in [6.45, 7) is 5.02. The van der Waals surface area contributed by atoms with Crippen LogP contribution >= 0.6 is 0 Å². The van der Waals surface area contributed by atoms with Gasteiger partial charge in [0.15, 0.2) is 0 Å². The molecule has 6 unspecified atom stereocenters. The second-order valence-electron chi connectivity index (χ2n) is 11.8. The number of likely N-dealkylation sites (N-methyl/N-ethyl adjacent to an activating group) is 1. The number of nitrogens with one attached hydrogen (secondary N) is 3. The van der Waals surface area contributed by atoms with Gasteiger partial charge in [-0.25, -0.2) is 8.42 Å². The lowest BCUT2D eigenvalue weighted by Crippen LogP contribution is -3.06. The highest BCUT2D eigenvalue weighted by atomic mass is 32.2. The molecule has 0 aromatic heterocycles. The maximum atomic E-state index is 13.9. The van der Waals surface area contributed by atoms with Gasteiger partial charge in [-0.05, 0) is 42.7 Å². The number of rotatable bonds is 23. The van der Waals surface area contributed by atoms with Gasteiger partial charge in [0.2, 0.25) is 11.8 Å². The molecule has 0 radical (unpaired) electrons. The first-order chi connectivity index (χ1) is 22.5. The highest BCUT2D eigenvalue weighted by Gasteiger charge is 2.40. The van der Waals surface area contributed by atoms with Crippen molar-refractivity contribution >= 4 is 34.9 Å². The molecule has 0 saturated carbocycles. The smallest absolute Gasteiger partial charge is 0.293 e. The van der Waals surface area contributed by atoms with E-state index < -0.39 is 58.3 Å². The number of carbonyl (C=O) groups is 4. The van der Waals surface area contributed by atoms with Crippen molar-refractivity contribution in [2.24, 2.45) is 11.8 Å². The molecule has 3 N–H and O–H groups in total. The Hall–Kier alpha value is -3.81. The molecular weight excluding hydrogens is 626 g/mol. The number of hydrogen-bond donors (Lipinski definition) is 3. The van der Waals surface area contributed by atoms with Crippen molar-refractivity contribution in [3.63, 3.8) is 0 Å². The molecule has 0 fully saturated rings. The third kappa shape index (κ3) is 13.1. The summed E-state index contributed by atoms with van der Waals surface area (Å²) in [5.74, 6) is -4.38. The van der Waals surface area contributed by atoms with Gasteiger partial charge in [0, 0.05) is 12.5 Å². The van der Waals surface area contributed by atoms with Crippen molar-refractivity contribution in [1.29, 1.82) is 0 Å². The van der Waals surface area contributed by atoms with E-state index in [9.17, 15) is 32.1 Å². The van der Waals surface area contributed by atoms with Crippen LogP contribution in [0.3, 0.4) is 0 Å². The molecule has 6 atom stereocenters. The Morgan fingerprint density at radius 3 is 1.83 bits per heavy atom. The normalized spacial score (nSPS) is 15.4. The van der Waals surface area contributed by atoms with Gasteiger partial charge in [-0.2, -0.15) is 0 Å². The molecule has 12 nitrogen and oxygen atoms in total. The van der Waals surface area contributed by atoms with Gasteiger partial charge in [0.1, 0.15) is 12.2 Å². The average molecular weight is 676 g/mol. The second kappa shape index (κ2) is 20.4. The molecule has 0 heterocycles. The van der Waals surface area contributed by atoms with Crippen molar-refractivity contribution in [2.45, 2.75) is 63.6 Å². The molecule has 0 aliphatic heterocycles. The predicted octanol–water partition coefficient (Wildman–Crippen LogP) is 1.39. The Kier molecular flexibility index (Phi) is 17.1. The number of carbonyl (C=O) groups excluding carboxylic acids is 4. The number of quaternary nitrogens is 1. The molecule has 0 spiro atoms. The van der Waals surface area contributed by atoms with E-state index in [0.29, 0.717) is 32.4 Å². The maximum Gasteiger partial charge on any atom is 0.293 e. The predicted molar refractivity (Wildman–Crippen MR) is 175 cm³/mol. The van der Waals surface area contributed by atoms with Crippen molar-refractivity contribution in [3.8, 4) is 0 Å². The maximum absolute atomic E-state index is 13.9. The van der Waals surface area contributed by atoms with Gasteiger partial charge < -0.3 is 29.6 Å². The van der Waals surface area contributed by atoms with Crippen LogP contribution in [0, 0.1) is 11.8 Å². The monoisotopic (exact) mass is 675 g/mol. The summed E-state index contributed by atoms with van der Waals surface area (Å²) in [7, 11) is -0.668. The lowest BCUT2D eigenvalue weighted by atomic mass is 9.76. The standard InChI is InChI=1S/C34H49N3O9S/c1-5-27(25-13-9-7-10-14-25)31(34(41)35-19-21-37(3)4)30(45-23-38)18-17-29(33(40)36-20-22-47(42,43)44)32(46-24-39)28(6-2)26-15-11-8-12-16-26/h7-16,23-24,27-32H,5-6,17-22H2,1-4H3,(H,35,41)(H,36,40)(H,42,43,44). The Morgan fingerprint density at radius 1 is 0.809 bits per heavy atom. The van der Waals surface area contributed by atoms with Gasteiger partial charge in [-0.3, -0.25) is 19.2 Å². The van der Waals surface area contributed by atoms with E-state index in [1.807, 2.05) is 88.6 Å². The summed E-state index contributed by atoms with van der Waals surface area (Å²) in [6, 6.07) is 18.6. The van der Waals surface area contributed by atoms with Crippen molar-refractivity contribution < 1.29 is 46.5 Å². The van der Waals surface area contributed by atoms with E-state index in [1.165, 1.54) is 0 Å². The van der Waals surface area contributed by atoms with E-state index in [4.69, 9.17) is 9.47 Å². The first-order valence-corrected chi connectivity index (χ1v) is 17.6. The second-order valence-corrected chi connectivity index (χ2v) is 13.4. The SMILES string of the molecule is CCC(c1ccccc1)C(OC=O)C(CCC(OC=O)C(C(=O)NCC[NH+](C)C)C(CC)c1ccccc1)C(=O)NCCS(=O)(=O)[O-]. The zero-order chi connectivity index (χ0) is 34.8. The molecule has 260 valence electrons. The van der Waals surface area contributed by atoms with Crippen LogP contribution < -0.4 is 15.5 Å². The Bertz CT molecular complexity index is 1340. The summed E-state index contributed by atoms with van der Waals surface area (Å²) < 4.78 is 44.9. The van der Waals surface area contributed by atoms with Gasteiger partial charge in [-0.15, -0.1) is 0 Å². The lowest BCUT2D eigenvalue weighted by molar-refractivity contribution is -0.856. The summed E-state index contributed by atoms with van der Waals surface area (Å²) in [6.07, 6.45) is -0.868. The molecule has 0 aliphatic carbocycles. The van der Waals surface area contributed by atoms with Crippen LogP contribution in [0.2, 0.25) is 0 Å². The summed E-state index contributed by atoms with van der Waals surface area (Å²) in [5, 5.41) is 5.50. The minimum absolute atomic E-state index is 0.00710. The van der Waals surface area contributed by atoms with Crippen LogP contribution in [0.1, 0.15) is 62.5 Å². The van der Waals surface area contributed by atoms with Crippen LogP contribution in [-0.2, 0) is 38.8 Å². The van der Waals surface area contributed by atoms with Gasteiger partial charge in [-0.1, -0.05) is 74.5 Å². The molecule has 13 heteroatoms. The van der Waals surface area contributed by atoms with E-state index in [2.05, 4.69) is 10.6 Å². The van der Waals surface area contributed by atoms with E-state index in [-0.39, 0.29) is 31.1 Å². The molecule has 2 aromatic rings. The third-order valence-corrected chi connectivity index (χ3v) is 9.09. The van der Waals surface area contributed by atoms with Gasteiger partial charge in [0.25, 0.3) is 12.9 Å². The molecule has 0 aliphatic rings. The van der Waals surface area contributed by atoms with Crippen LogP contribution in [0.5, 0.6) is 0 Å². The van der Waals surface area contributed by atoms with Crippen LogP contribution in [-0.4, -0.2) is 89.4 Å². The Labute approximate surface area is 278 Å². The third-order valence-electron chi connectivity index (χ3n) is 8.38. The number of benzene rings is 2. The fourth-order valence-corrected chi connectivity index (χ4v) is 6.43. The lowest BCUT2D eigenvalue weighted by Gasteiger charge is -2.35. The topological polar surface area (TPSA) is 172 Å². The minimum Gasteiger partial charge on any atom is -0.748 e. The van der Waals surface area contributed by atoms with E-state index >= 15 is 0 Å². The first-order valence-electron chi connectivity index (χ1n) is 16.0. The largest absolute Gasteiger partial charge is 0.748 e. The van der Waals surface area contributed by atoms with Gasteiger partial charge >= 0.3 is 0 Å². The molecule has 47 heavy (non-hydrogen) atoms. The first kappa shape index (κ1) is 39.4. The van der Waals surface area contributed by atoms with Gasteiger partial charge in [0.05, 0.1) is 54.9 Å². The minimum atomic E-state index is -4.60. The van der Waals surface area contributed by atoms with Crippen LogP contribution in [0.25, 0.3) is 0 Å².